The van der Waals surface area contributed by atoms with Gasteiger partial charge >= 0.3 is 0 Å². The Bertz CT molecular complexity index is 862. The van der Waals surface area contributed by atoms with E-state index in [-0.39, 0.29) is 5.91 Å². The highest BCUT2D eigenvalue weighted by molar-refractivity contribution is 9.10. The van der Waals surface area contributed by atoms with E-state index in [2.05, 4.69) is 36.5 Å². The highest BCUT2D eigenvalue weighted by Gasteiger charge is 2.22. The maximum atomic E-state index is 12.4. The number of aryl methyl sites for hydroxylation is 2. The minimum Gasteiger partial charge on any atom is -0.362 e. The van der Waals surface area contributed by atoms with Gasteiger partial charge in [0.15, 0.2) is 0 Å². The predicted molar refractivity (Wildman–Crippen MR) is 122 cm³/mol. The fourth-order valence-electron chi connectivity index (χ4n) is 3.77. The van der Waals surface area contributed by atoms with Crippen LogP contribution in [0.5, 0.6) is 0 Å². The highest BCUT2D eigenvalue weighted by Crippen LogP contribution is 2.26. The first-order chi connectivity index (χ1) is 13.8. The van der Waals surface area contributed by atoms with Gasteiger partial charge in [0.05, 0.1) is 0 Å². The largest absolute Gasteiger partial charge is 0.362 e. The quantitative estimate of drug-likeness (QED) is 0.672. The van der Waals surface area contributed by atoms with Crippen LogP contribution in [0.1, 0.15) is 47.2 Å². The molecule has 1 aliphatic rings. The zero-order valence-electron chi connectivity index (χ0n) is 17.6. The molecule has 0 unspecified atom stereocenters. The summed E-state index contributed by atoms with van der Waals surface area (Å²) in [5.74, 6) is 2.17. The lowest BCUT2D eigenvalue weighted by Gasteiger charge is -2.29. The van der Waals surface area contributed by atoms with Gasteiger partial charge in [0, 0.05) is 48.5 Å². The fraction of sp³-hybridized carbons (Fsp3) is 0.500. The Morgan fingerprint density at radius 1 is 1.17 bits per heavy atom. The highest BCUT2D eigenvalue weighted by atomic mass is 79.9. The molecule has 3 rings (SSSR count). The summed E-state index contributed by atoms with van der Waals surface area (Å²) >= 11 is 3.47. The van der Waals surface area contributed by atoms with E-state index in [0.717, 1.165) is 53.6 Å². The van der Waals surface area contributed by atoms with Crippen molar-refractivity contribution < 1.29 is 4.79 Å². The van der Waals surface area contributed by atoms with Crippen LogP contribution in [0, 0.1) is 19.8 Å². The molecule has 0 aliphatic heterocycles. The van der Waals surface area contributed by atoms with Crippen LogP contribution in [0.25, 0.3) is 0 Å². The molecule has 1 aromatic heterocycles. The summed E-state index contributed by atoms with van der Waals surface area (Å²) in [4.78, 5) is 23.5. The lowest BCUT2D eigenvalue weighted by Crippen LogP contribution is -2.34. The second-order valence-electron chi connectivity index (χ2n) is 8.13. The van der Waals surface area contributed by atoms with Crippen molar-refractivity contribution in [1.82, 2.24) is 15.3 Å². The van der Waals surface area contributed by atoms with Gasteiger partial charge in [0.25, 0.3) is 5.91 Å². The molecule has 0 radical (unpaired) electrons. The number of carbonyl (C=O) groups excluding carboxylic acids is 1. The number of halogens is 1. The molecule has 0 bridgehead atoms. The second kappa shape index (κ2) is 9.57. The van der Waals surface area contributed by atoms with Crippen molar-refractivity contribution in [2.24, 2.45) is 5.92 Å². The van der Waals surface area contributed by atoms with E-state index in [0.29, 0.717) is 23.5 Å². The Hall–Kier alpha value is -2.15. The Balaban J connectivity index is 1.46. The first-order valence-electron chi connectivity index (χ1n) is 10.2. The van der Waals surface area contributed by atoms with Gasteiger partial charge in [-0.2, -0.15) is 4.98 Å². The number of benzene rings is 1. The van der Waals surface area contributed by atoms with Crippen LogP contribution in [0.3, 0.4) is 0 Å². The van der Waals surface area contributed by atoms with Crippen molar-refractivity contribution in [2.45, 2.75) is 45.6 Å². The molecule has 0 saturated heterocycles. The van der Waals surface area contributed by atoms with E-state index in [1.54, 1.807) is 0 Å². The van der Waals surface area contributed by atoms with Gasteiger partial charge in [-0.05, 0) is 69.2 Å². The number of hydrogen-bond acceptors (Lipinski definition) is 5. The number of rotatable bonds is 6. The number of carbonyl (C=O) groups is 1. The van der Waals surface area contributed by atoms with Crippen LogP contribution in [-0.4, -0.2) is 42.6 Å². The van der Waals surface area contributed by atoms with Crippen molar-refractivity contribution >= 4 is 33.6 Å². The molecule has 156 valence electrons. The van der Waals surface area contributed by atoms with Crippen molar-refractivity contribution in [3.8, 4) is 0 Å². The zero-order chi connectivity index (χ0) is 21.0. The summed E-state index contributed by atoms with van der Waals surface area (Å²) in [5.41, 5.74) is 2.86. The Kier molecular flexibility index (Phi) is 7.11. The third-order valence-corrected chi connectivity index (χ3v) is 6.41. The van der Waals surface area contributed by atoms with Crippen LogP contribution in [0.15, 0.2) is 28.9 Å². The Labute approximate surface area is 181 Å². The minimum atomic E-state index is 0.00474. The topological polar surface area (TPSA) is 70.2 Å². The van der Waals surface area contributed by atoms with Gasteiger partial charge in [-0.3, -0.25) is 4.79 Å². The SMILES string of the molecule is Cc1cc(C(=O)NC[C@H]2CC[C@@H](Nc3ncc(C)c(N(C)C)n3)CC2)ccc1Br. The molecule has 1 saturated carbocycles. The lowest BCUT2D eigenvalue weighted by molar-refractivity contribution is 0.0943. The average molecular weight is 460 g/mol. The smallest absolute Gasteiger partial charge is 0.251 e. The Morgan fingerprint density at radius 3 is 2.55 bits per heavy atom. The summed E-state index contributed by atoms with van der Waals surface area (Å²) in [6.07, 6.45) is 6.17. The van der Waals surface area contributed by atoms with Crippen molar-refractivity contribution in [2.75, 3.05) is 30.9 Å². The molecule has 0 atom stereocenters. The van der Waals surface area contributed by atoms with Gasteiger partial charge in [0.1, 0.15) is 5.82 Å². The van der Waals surface area contributed by atoms with Crippen LogP contribution in [-0.2, 0) is 0 Å². The summed E-state index contributed by atoms with van der Waals surface area (Å²) in [7, 11) is 3.99. The summed E-state index contributed by atoms with van der Waals surface area (Å²) in [6, 6.07) is 6.09. The summed E-state index contributed by atoms with van der Waals surface area (Å²) in [6.45, 7) is 4.75. The van der Waals surface area contributed by atoms with E-state index in [9.17, 15) is 4.79 Å². The molecule has 7 heteroatoms. The molecular formula is C22H30BrN5O. The summed E-state index contributed by atoms with van der Waals surface area (Å²) in [5, 5.41) is 6.59. The monoisotopic (exact) mass is 459 g/mol. The van der Waals surface area contributed by atoms with Gasteiger partial charge < -0.3 is 15.5 Å². The third kappa shape index (κ3) is 5.69. The standard InChI is InChI=1S/C22H30BrN5O/c1-14-11-17(7-10-19(14)23)21(29)24-13-16-5-8-18(9-6-16)26-22-25-12-15(2)20(27-22)28(3)4/h7,10-12,16,18H,5-6,8-9,13H2,1-4H3,(H,24,29)(H,25,26,27)/t16-,18+. The molecule has 1 aliphatic carbocycles. The maximum absolute atomic E-state index is 12.4. The third-order valence-electron chi connectivity index (χ3n) is 5.52. The molecule has 1 aromatic carbocycles. The number of nitrogens with one attached hydrogen (secondary N) is 2. The normalized spacial score (nSPS) is 18.9. The molecule has 29 heavy (non-hydrogen) atoms. The van der Waals surface area contributed by atoms with E-state index in [1.165, 1.54) is 0 Å². The molecule has 1 fully saturated rings. The van der Waals surface area contributed by atoms with E-state index < -0.39 is 0 Å². The van der Waals surface area contributed by atoms with Crippen LogP contribution in [0.4, 0.5) is 11.8 Å². The van der Waals surface area contributed by atoms with Crippen molar-refractivity contribution in [3.63, 3.8) is 0 Å². The van der Waals surface area contributed by atoms with Crippen LogP contribution < -0.4 is 15.5 Å². The molecule has 1 heterocycles. The molecule has 1 amide bonds. The molecular weight excluding hydrogens is 430 g/mol. The van der Waals surface area contributed by atoms with E-state index >= 15 is 0 Å². The lowest BCUT2D eigenvalue weighted by atomic mass is 9.86. The van der Waals surface area contributed by atoms with Gasteiger partial charge in [-0.15, -0.1) is 0 Å². The Morgan fingerprint density at radius 2 is 1.90 bits per heavy atom. The van der Waals surface area contributed by atoms with Gasteiger partial charge in [-0.1, -0.05) is 15.9 Å². The number of anilines is 2. The molecule has 2 aromatic rings. The van der Waals surface area contributed by atoms with Gasteiger partial charge in [0.2, 0.25) is 5.95 Å². The van der Waals surface area contributed by atoms with Crippen LogP contribution >= 0.6 is 15.9 Å². The number of hydrogen-bond donors (Lipinski definition) is 2. The predicted octanol–water partition coefficient (Wildman–Crippen LogP) is 4.32. The fourth-order valence-corrected chi connectivity index (χ4v) is 4.02. The average Bonchev–Trinajstić information content (AvgIpc) is 2.70. The molecule has 2 N–H and O–H groups in total. The maximum Gasteiger partial charge on any atom is 0.251 e. The number of nitrogens with zero attached hydrogens (tertiary/aromatic N) is 3. The second-order valence-corrected chi connectivity index (χ2v) is 8.98. The van der Waals surface area contributed by atoms with E-state index in [1.807, 2.05) is 57.2 Å². The number of amides is 1. The van der Waals surface area contributed by atoms with Crippen molar-refractivity contribution in [1.29, 1.82) is 0 Å². The molecule has 0 spiro atoms. The van der Waals surface area contributed by atoms with Crippen LogP contribution in [0.2, 0.25) is 0 Å². The minimum absolute atomic E-state index is 0.00474. The number of aromatic nitrogens is 2. The van der Waals surface area contributed by atoms with Gasteiger partial charge in [-0.25, -0.2) is 4.98 Å². The molecule has 6 nitrogen and oxygen atoms in total. The first-order valence-corrected chi connectivity index (χ1v) is 10.9. The summed E-state index contributed by atoms with van der Waals surface area (Å²) < 4.78 is 1.02. The zero-order valence-corrected chi connectivity index (χ0v) is 19.2. The first kappa shape index (κ1) is 21.6. The van der Waals surface area contributed by atoms with E-state index in [4.69, 9.17) is 0 Å². The van der Waals surface area contributed by atoms with Crippen molar-refractivity contribution in [3.05, 3.63) is 45.6 Å².